The van der Waals surface area contributed by atoms with Crippen LogP contribution in [0.3, 0.4) is 0 Å². The van der Waals surface area contributed by atoms with Crippen LogP contribution >= 0.6 is 22.9 Å². The van der Waals surface area contributed by atoms with E-state index in [1.54, 1.807) is 12.1 Å². The number of hydrogen-bond donors (Lipinski definition) is 1. The van der Waals surface area contributed by atoms with E-state index in [4.69, 9.17) is 11.6 Å². The molecule has 0 aliphatic rings. The van der Waals surface area contributed by atoms with E-state index in [1.165, 1.54) is 11.3 Å². The molecule has 0 fully saturated rings. The van der Waals surface area contributed by atoms with Gasteiger partial charge in [0.25, 0.3) is 0 Å². The normalized spacial score (nSPS) is 10.5. The predicted octanol–water partition coefficient (Wildman–Crippen LogP) is 2.57. The molecule has 1 aromatic carbocycles. The molecule has 0 atom stereocenters. The molecule has 15 heavy (non-hydrogen) atoms. The minimum Gasteiger partial charge on any atom is -0.508 e. The molecule has 0 aliphatic heterocycles. The van der Waals surface area contributed by atoms with Crippen LogP contribution < -0.4 is 0 Å². The minimum atomic E-state index is 0.273. The van der Waals surface area contributed by atoms with Gasteiger partial charge in [0.05, 0.1) is 5.88 Å². The molecule has 2 rings (SSSR count). The average Bonchev–Trinajstić information content (AvgIpc) is 2.65. The summed E-state index contributed by atoms with van der Waals surface area (Å²) in [6.45, 7) is 0. The Morgan fingerprint density at radius 2 is 2.07 bits per heavy atom. The summed E-state index contributed by atoms with van der Waals surface area (Å²) in [5.41, 5.74) is 1.02. The van der Waals surface area contributed by atoms with Gasteiger partial charge in [-0.25, -0.2) is 0 Å². The predicted molar refractivity (Wildman–Crippen MR) is 60.4 cm³/mol. The van der Waals surface area contributed by atoms with Gasteiger partial charge < -0.3 is 5.11 Å². The number of aromatic hydroxyl groups is 1. The molecule has 78 valence electrons. The van der Waals surface area contributed by atoms with E-state index in [9.17, 15) is 5.11 Å². The van der Waals surface area contributed by atoms with Gasteiger partial charge in [-0.1, -0.05) is 23.5 Å². The first kappa shape index (κ1) is 10.4. The maximum Gasteiger partial charge on any atom is 0.132 e. The zero-order valence-electron chi connectivity index (χ0n) is 7.85. The van der Waals surface area contributed by atoms with E-state index >= 15 is 0 Å². The van der Waals surface area contributed by atoms with E-state index in [1.807, 2.05) is 12.1 Å². The van der Waals surface area contributed by atoms with Crippen molar-refractivity contribution in [1.82, 2.24) is 10.2 Å². The summed E-state index contributed by atoms with van der Waals surface area (Å²) in [6.07, 6.45) is 0.683. The molecule has 0 radical (unpaired) electrons. The number of rotatable bonds is 3. The number of nitrogens with zero attached hydrogens (tertiary/aromatic N) is 2. The van der Waals surface area contributed by atoms with Crippen LogP contribution in [-0.2, 0) is 12.3 Å². The Balaban J connectivity index is 2.14. The first-order valence-corrected chi connectivity index (χ1v) is 5.78. The first-order valence-electron chi connectivity index (χ1n) is 4.43. The Labute approximate surface area is 96.4 Å². The molecule has 0 amide bonds. The topological polar surface area (TPSA) is 46.0 Å². The molecule has 1 heterocycles. The van der Waals surface area contributed by atoms with Crippen LogP contribution in [0.15, 0.2) is 24.3 Å². The van der Waals surface area contributed by atoms with E-state index in [2.05, 4.69) is 10.2 Å². The molecule has 0 saturated heterocycles. The van der Waals surface area contributed by atoms with Crippen LogP contribution in [0.25, 0.3) is 0 Å². The Bertz CT molecular complexity index is 458. The average molecular weight is 241 g/mol. The summed E-state index contributed by atoms with van der Waals surface area (Å²) in [5.74, 6) is 0.673. The van der Waals surface area contributed by atoms with Crippen molar-refractivity contribution in [2.75, 3.05) is 0 Å². The van der Waals surface area contributed by atoms with Gasteiger partial charge in [0.1, 0.15) is 15.8 Å². The highest BCUT2D eigenvalue weighted by atomic mass is 35.5. The second-order valence-electron chi connectivity index (χ2n) is 3.07. The molecule has 2 aromatic rings. The Morgan fingerprint density at radius 3 is 2.73 bits per heavy atom. The van der Waals surface area contributed by atoms with Crippen molar-refractivity contribution in [2.45, 2.75) is 12.3 Å². The van der Waals surface area contributed by atoms with E-state index in [0.717, 1.165) is 15.6 Å². The summed E-state index contributed by atoms with van der Waals surface area (Å²) in [6, 6.07) is 7.13. The third-order valence-corrected chi connectivity index (χ3v) is 3.22. The van der Waals surface area contributed by atoms with Gasteiger partial charge in [-0.05, 0) is 17.7 Å². The van der Waals surface area contributed by atoms with Crippen molar-refractivity contribution in [2.24, 2.45) is 0 Å². The summed E-state index contributed by atoms with van der Waals surface area (Å²) >= 11 is 7.13. The van der Waals surface area contributed by atoms with Crippen LogP contribution in [0.2, 0.25) is 0 Å². The fourth-order valence-corrected chi connectivity index (χ4v) is 2.20. The van der Waals surface area contributed by atoms with Gasteiger partial charge in [-0.3, -0.25) is 0 Å². The van der Waals surface area contributed by atoms with Crippen molar-refractivity contribution in [3.63, 3.8) is 0 Å². The zero-order valence-corrected chi connectivity index (χ0v) is 9.42. The van der Waals surface area contributed by atoms with Crippen LogP contribution in [0.1, 0.15) is 15.6 Å². The first-order chi connectivity index (χ1) is 7.28. The third-order valence-electron chi connectivity index (χ3n) is 1.89. The molecule has 0 spiro atoms. The fourth-order valence-electron chi connectivity index (χ4n) is 1.25. The lowest BCUT2D eigenvalue weighted by Gasteiger charge is -1.97. The van der Waals surface area contributed by atoms with Crippen molar-refractivity contribution in [3.05, 3.63) is 39.8 Å². The number of hydrogen-bond acceptors (Lipinski definition) is 4. The van der Waals surface area contributed by atoms with E-state index in [0.29, 0.717) is 12.3 Å². The largest absolute Gasteiger partial charge is 0.508 e. The summed E-state index contributed by atoms with van der Waals surface area (Å²) in [7, 11) is 0. The van der Waals surface area contributed by atoms with Crippen molar-refractivity contribution in [3.8, 4) is 5.75 Å². The number of alkyl halides is 1. The highest BCUT2D eigenvalue weighted by molar-refractivity contribution is 7.11. The van der Waals surface area contributed by atoms with Crippen molar-refractivity contribution >= 4 is 22.9 Å². The number of phenols is 1. The maximum atomic E-state index is 9.29. The number of aromatic nitrogens is 2. The molecule has 0 aliphatic carbocycles. The van der Waals surface area contributed by atoms with Crippen molar-refractivity contribution in [1.29, 1.82) is 0 Å². The van der Waals surface area contributed by atoms with E-state index in [-0.39, 0.29) is 5.75 Å². The fraction of sp³-hybridized carbons (Fsp3) is 0.200. The second-order valence-corrected chi connectivity index (χ2v) is 4.48. The van der Waals surface area contributed by atoms with Crippen LogP contribution in [0.5, 0.6) is 5.75 Å². The smallest absolute Gasteiger partial charge is 0.132 e. The maximum absolute atomic E-state index is 9.29. The lowest BCUT2D eigenvalue weighted by molar-refractivity contribution is 0.474. The lowest BCUT2D eigenvalue weighted by atomic mass is 10.1. The zero-order chi connectivity index (χ0) is 10.7. The van der Waals surface area contributed by atoms with Gasteiger partial charge in [0.2, 0.25) is 0 Å². The SMILES string of the molecule is Oc1cccc(Cc2nnc(CCl)s2)c1. The van der Waals surface area contributed by atoms with E-state index < -0.39 is 0 Å². The number of halogens is 1. The minimum absolute atomic E-state index is 0.273. The van der Waals surface area contributed by atoms with Crippen LogP contribution in [0, 0.1) is 0 Å². The Hall–Kier alpha value is -1.13. The molecule has 0 saturated carbocycles. The van der Waals surface area contributed by atoms with Crippen LogP contribution in [-0.4, -0.2) is 15.3 Å². The summed E-state index contributed by atoms with van der Waals surface area (Å²) in [5, 5.41) is 19.0. The summed E-state index contributed by atoms with van der Waals surface area (Å²) < 4.78 is 0. The molecule has 1 aromatic heterocycles. The van der Waals surface area contributed by atoms with Gasteiger partial charge in [-0.2, -0.15) is 0 Å². The standard InChI is InChI=1S/C10H9ClN2OS/c11-6-10-13-12-9(15-10)5-7-2-1-3-8(14)4-7/h1-4,14H,5-6H2. The molecular formula is C10H9ClN2OS. The molecule has 3 nitrogen and oxygen atoms in total. The Kier molecular flexibility index (Phi) is 3.18. The highest BCUT2D eigenvalue weighted by Crippen LogP contribution is 2.18. The summed E-state index contributed by atoms with van der Waals surface area (Å²) in [4.78, 5) is 0. The third kappa shape index (κ3) is 2.67. The quantitative estimate of drug-likeness (QED) is 0.839. The van der Waals surface area contributed by atoms with Gasteiger partial charge in [-0.15, -0.1) is 21.8 Å². The number of phenolic OH excluding ortho intramolecular Hbond substituents is 1. The molecule has 0 bridgehead atoms. The molecule has 0 unspecified atom stereocenters. The Morgan fingerprint density at radius 1 is 1.27 bits per heavy atom. The monoisotopic (exact) mass is 240 g/mol. The molecule has 5 heteroatoms. The van der Waals surface area contributed by atoms with Gasteiger partial charge >= 0.3 is 0 Å². The van der Waals surface area contributed by atoms with Crippen LogP contribution in [0.4, 0.5) is 0 Å². The van der Waals surface area contributed by atoms with Gasteiger partial charge in [0, 0.05) is 6.42 Å². The molecular weight excluding hydrogens is 232 g/mol. The lowest BCUT2D eigenvalue weighted by Crippen LogP contribution is -1.86. The number of benzene rings is 1. The van der Waals surface area contributed by atoms with Crippen molar-refractivity contribution < 1.29 is 5.11 Å². The second kappa shape index (κ2) is 4.59. The highest BCUT2D eigenvalue weighted by Gasteiger charge is 2.04. The molecule has 1 N–H and O–H groups in total. The van der Waals surface area contributed by atoms with Gasteiger partial charge in [0.15, 0.2) is 0 Å².